The fourth-order valence-corrected chi connectivity index (χ4v) is 3.14. The van der Waals surface area contributed by atoms with E-state index in [1.165, 1.54) is 6.42 Å². The molecule has 0 radical (unpaired) electrons. The van der Waals surface area contributed by atoms with E-state index in [1.54, 1.807) is 4.90 Å². The van der Waals surface area contributed by atoms with Crippen LogP contribution >= 0.6 is 11.8 Å². The summed E-state index contributed by atoms with van der Waals surface area (Å²) in [5.41, 5.74) is 0. The lowest BCUT2D eigenvalue weighted by Gasteiger charge is -2.22. The van der Waals surface area contributed by atoms with E-state index in [9.17, 15) is 9.59 Å². The molecule has 2 atom stereocenters. The van der Waals surface area contributed by atoms with Gasteiger partial charge in [-0.2, -0.15) is 11.8 Å². The summed E-state index contributed by atoms with van der Waals surface area (Å²) in [7, 11) is 0. The summed E-state index contributed by atoms with van der Waals surface area (Å²) < 4.78 is 0. The molecule has 0 aromatic carbocycles. The van der Waals surface area contributed by atoms with Crippen LogP contribution in [0.2, 0.25) is 0 Å². The van der Waals surface area contributed by atoms with Crippen molar-refractivity contribution in [2.24, 2.45) is 0 Å². The highest BCUT2D eigenvalue weighted by Gasteiger charge is 2.36. The number of thioether (sulfide) groups is 1. The fraction of sp³-hybridized carbons (Fsp3) is 0.800. The molecule has 14 heavy (non-hydrogen) atoms. The third-order valence-electron chi connectivity index (χ3n) is 3.15. The summed E-state index contributed by atoms with van der Waals surface area (Å²) in [5.74, 6) is 0.129. The Bertz CT molecular complexity index is 267. The molecule has 1 saturated carbocycles. The smallest absolute Gasteiger partial charge is 0.230 e. The second-order valence-corrected chi connectivity index (χ2v) is 5.20. The van der Waals surface area contributed by atoms with E-state index < -0.39 is 0 Å². The highest BCUT2D eigenvalue weighted by Crippen LogP contribution is 2.32. The van der Waals surface area contributed by atoms with Gasteiger partial charge in [-0.1, -0.05) is 0 Å². The molecule has 2 rings (SSSR count). The van der Waals surface area contributed by atoms with E-state index in [0.29, 0.717) is 17.8 Å². The second-order valence-electron chi connectivity index (χ2n) is 4.06. The number of carbonyl (C=O) groups is 2. The number of nitrogens with zero attached hydrogens (tertiary/aromatic N) is 1. The Labute approximate surface area is 88.2 Å². The molecule has 0 N–H and O–H groups in total. The van der Waals surface area contributed by atoms with Crippen LogP contribution in [0.25, 0.3) is 0 Å². The van der Waals surface area contributed by atoms with Gasteiger partial charge in [-0.05, 0) is 25.5 Å². The molecule has 4 heteroatoms. The monoisotopic (exact) mass is 213 g/mol. The summed E-state index contributed by atoms with van der Waals surface area (Å²) in [6.07, 6.45) is 5.58. The van der Waals surface area contributed by atoms with Crippen molar-refractivity contribution in [3.8, 4) is 0 Å². The maximum absolute atomic E-state index is 11.5. The Hall–Kier alpha value is -0.510. The van der Waals surface area contributed by atoms with Crippen molar-refractivity contribution >= 4 is 23.5 Å². The highest BCUT2D eigenvalue weighted by atomic mass is 32.2. The largest absolute Gasteiger partial charge is 0.332 e. The number of likely N-dealkylation sites (tertiary alicyclic amines) is 1. The average molecular weight is 213 g/mol. The molecule has 0 spiro atoms. The molecule has 78 valence electrons. The molecular formula is C10H15NO2S. The lowest BCUT2D eigenvalue weighted by molar-refractivity contribution is -0.129. The van der Waals surface area contributed by atoms with Crippen molar-refractivity contribution in [2.45, 2.75) is 37.0 Å². The first-order valence-corrected chi connectivity index (χ1v) is 6.33. The predicted octanol–water partition coefficient (Wildman–Crippen LogP) is 1.07. The van der Waals surface area contributed by atoms with Crippen LogP contribution in [-0.4, -0.2) is 40.7 Å². The Morgan fingerprint density at radius 2 is 2.14 bits per heavy atom. The number of rotatable bonds is 2. The van der Waals surface area contributed by atoms with Crippen molar-refractivity contribution in [3.63, 3.8) is 0 Å². The minimum atomic E-state index is 0.0433. The average Bonchev–Trinajstić information content (AvgIpc) is 2.71. The van der Waals surface area contributed by atoms with Crippen LogP contribution in [0.1, 0.15) is 25.7 Å². The molecule has 1 aliphatic heterocycles. The van der Waals surface area contributed by atoms with Gasteiger partial charge < -0.3 is 4.90 Å². The minimum Gasteiger partial charge on any atom is -0.332 e. The zero-order valence-corrected chi connectivity index (χ0v) is 9.18. The zero-order chi connectivity index (χ0) is 10.1. The Balaban J connectivity index is 1.96. The van der Waals surface area contributed by atoms with Gasteiger partial charge in [0.2, 0.25) is 5.91 Å². The molecule has 2 unspecified atom stereocenters. The zero-order valence-electron chi connectivity index (χ0n) is 8.36. The summed E-state index contributed by atoms with van der Waals surface area (Å²) in [6, 6.07) is 0.339. The van der Waals surface area contributed by atoms with Crippen LogP contribution in [0.15, 0.2) is 0 Å². The van der Waals surface area contributed by atoms with E-state index >= 15 is 0 Å². The lowest BCUT2D eigenvalue weighted by Crippen LogP contribution is -2.35. The van der Waals surface area contributed by atoms with Gasteiger partial charge in [0.25, 0.3) is 0 Å². The van der Waals surface area contributed by atoms with Gasteiger partial charge in [0.15, 0.2) is 5.78 Å². The SMILES string of the molecule is CSC1CCC(N2CC(=O)CC2=O)C1. The van der Waals surface area contributed by atoms with Crippen molar-refractivity contribution in [2.75, 3.05) is 12.8 Å². The number of ketones is 1. The summed E-state index contributed by atoms with van der Waals surface area (Å²) in [4.78, 5) is 24.4. The third kappa shape index (κ3) is 1.80. The van der Waals surface area contributed by atoms with Gasteiger partial charge in [-0.3, -0.25) is 9.59 Å². The first-order valence-electron chi connectivity index (χ1n) is 5.04. The molecule has 1 amide bonds. The van der Waals surface area contributed by atoms with Crippen LogP contribution in [0.4, 0.5) is 0 Å². The van der Waals surface area contributed by atoms with E-state index in [1.807, 2.05) is 11.8 Å². The van der Waals surface area contributed by atoms with Gasteiger partial charge in [-0.15, -0.1) is 0 Å². The molecule has 0 bridgehead atoms. The number of hydrogen-bond donors (Lipinski definition) is 0. The minimum absolute atomic E-state index is 0.0433. The number of Topliss-reactive ketones (excluding diaryl/α,β-unsaturated/α-hetero) is 1. The number of carbonyl (C=O) groups excluding carboxylic acids is 2. The third-order valence-corrected chi connectivity index (χ3v) is 4.24. The standard InChI is InChI=1S/C10H15NO2S/c1-14-9-3-2-7(4-9)11-6-8(12)5-10(11)13/h7,9H,2-6H2,1H3. The molecule has 0 aromatic rings. The lowest BCUT2D eigenvalue weighted by atomic mass is 10.2. The quantitative estimate of drug-likeness (QED) is 0.644. The topological polar surface area (TPSA) is 37.4 Å². The van der Waals surface area contributed by atoms with Crippen LogP contribution in [0, 0.1) is 0 Å². The van der Waals surface area contributed by atoms with Gasteiger partial charge >= 0.3 is 0 Å². The summed E-state index contributed by atoms with van der Waals surface area (Å²) >= 11 is 1.87. The van der Waals surface area contributed by atoms with Crippen molar-refractivity contribution in [1.29, 1.82) is 0 Å². The summed E-state index contributed by atoms with van der Waals surface area (Å²) in [6.45, 7) is 0.366. The van der Waals surface area contributed by atoms with E-state index in [-0.39, 0.29) is 18.1 Å². The molecule has 0 aromatic heterocycles. The van der Waals surface area contributed by atoms with E-state index in [0.717, 1.165) is 12.8 Å². The van der Waals surface area contributed by atoms with Crippen molar-refractivity contribution in [1.82, 2.24) is 4.90 Å². The van der Waals surface area contributed by atoms with Crippen molar-refractivity contribution < 1.29 is 9.59 Å². The second kappa shape index (κ2) is 3.93. The summed E-state index contributed by atoms with van der Waals surface area (Å²) in [5, 5.41) is 0.684. The maximum Gasteiger partial charge on any atom is 0.230 e. The first kappa shape index (κ1) is 10.0. The molecule has 2 fully saturated rings. The van der Waals surface area contributed by atoms with Gasteiger partial charge in [-0.25, -0.2) is 0 Å². The van der Waals surface area contributed by atoms with Crippen LogP contribution in [0.3, 0.4) is 0 Å². The van der Waals surface area contributed by atoms with Crippen LogP contribution in [0.5, 0.6) is 0 Å². The molecule has 1 heterocycles. The van der Waals surface area contributed by atoms with Crippen LogP contribution in [-0.2, 0) is 9.59 Å². The number of amides is 1. The van der Waals surface area contributed by atoms with E-state index in [4.69, 9.17) is 0 Å². The van der Waals surface area contributed by atoms with Gasteiger partial charge in [0, 0.05) is 11.3 Å². The molecule has 3 nitrogen and oxygen atoms in total. The molecular weight excluding hydrogens is 198 g/mol. The van der Waals surface area contributed by atoms with E-state index in [2.05, 4.69) is 6.26 Å². The van der Waals surface area contributed by atoms with Gasteiger partial charge in [0.05, 0.1) is 13.0 Å². The Morgan fingerprint density at radius 3 is 2.64 bits per heavy atom. The predicted molar refractivity (Wildman–Crippen MR) is 56.3 cm³/mol. The van der Waals surface area contributed by atoms with Gasteiger partial charge in [0.1, 0.15) is 0 Å². The number of hydrogen-bond acceptors (Lipinski definition) is 3. The molecule has 1 aliphatic carbocycles. The molecule has 1 saturated heterocycles. The van der Waals surface area contributed by atoms with Crippen molar-refractivity contribution in [3.05, 3.63) is 0 Å². The highest BCUT2D eigenvalue weighted by molar-refractivity contribution is 7.99. The van der Waals surface area contributed by atoms with Crippen LogP contribution < -0.4 is 0 Å². The molecule has 2 aliphatic rings. The normalized spacial score (nSPS) is 33.1. The first-order chi connectivity index (χ1) is 6.70. The fourth-order valence-electron chi connectivity index (χ4n) is 2.35. The Morgan fingerprint density at radius 1 is 1.36 bits per heavy atom. The Kier molecular flexibility index (Phi) is 2.81. The maximum atomic E-state index is 11.5.